The summed E-state index contributed by atoms with van der Waals surface area (Å²) in [6.45, 7) is 11.9. The Hall–Kier alpha value is -8.80. The van der Waals surface area contributed by atoms with Gasteiger partial charge in [-0.2, -0.15) is 0 Å². The number of allylic oxidation sites excluding steroid dienone is 6. The average molecular weight is 1460 g/mol. The number of hydrogen-bond acceptors (Lipinski definition) is 22. The Kier molecular flexibility index (Phi) is 32.4. The van der Waals surface area contributed by atoms with E-state index in [0.29, 0.717) is 194 Å². The van der Waals surface area contributed by atoms with Gasteiger partial charge in [0.15, 0.2) is 40.3 Å². The lowest BCUT2D eigenvalue weighted by atomic mass is 9.91. The van der Waals surface area contributed by atoms with Crippen LogP contribution in [-0.2, 0) is 66.7 Å². The van der Waals surface area contributed by atoms with Gasteiger partial charge in [0, 0.05) is 92.2 Å². The molecule has 568 valence electrons. The monoisotopic (exact) mass is 1460 g/mol. The summed E-state index contributed by atoms with van der Waals surface area (Å²) in [4.78, 5) is 114. The van der Waals surface area contributed by atoms with E-state index in [9.17, 15) is 38.4 Å². The zero-order valence-corrected chi connectivity index (χ0v) is 60.9. The van der Waals surface area contributed by atoms with E-state index in [1.165, 1.54) is 37.7 Å². The van der Waals surface area contributed by atoms with Gasteiger partial charge in [0.25, 0.3) is 5.91 Å². The van der Waals surface area contributed by atoms with E-state index in [4.69, 9.17) is 66.8 Å². The number of nitrogens with zero attached hydrogens (tertiary/aromatic N) is 3. The van der Waals surface area contributed by atoms with Gasteiger partial charge in [-0.25, -0.2) is 0 Å². The lowest BCUT2D eigenvalue weighted by Gasteiger charge is -2.24. The molecule has 5 amide bonds. The Morgan fingerprint density at radius 2 is 1.16 bits per heavy atom. The van der Waals surface area contributed by atoms with Crippen molar-refractivity contribution in [2.24, 2.45) is 33.7 Å². The fourth-order valence-corrected chi connectivity index (χ4v) is 12.3. The first kappa shape index (κ1) is 80.3. The number of carbonyl (C=O) groups excluding carboxylic acids is 8. The molecule has 0 aromatic heterocycles. The topological polar surface area (TPSA) is 323 Å². The molecule has 27 nitrogen and oxygen atoms in total. The van der Waals surface area contributed by atoms with Crippen LogP contribution in [0.2, 0.25) is 0 Å². The average Bonchev–Trinajstić information content (AvgIpc) is 1.64. The molecule has 3 aliphatic heterocycles. The quantitative estimate of drug-likeness (QED) is 0.0306. The molecule has 0 saturated heterocycles. The molecule has 0 radical (unpaired) electrons. The third kappa shape index (κ3) is 25.5. The summed E-state index contributed by atoms with van der Waals surface area (Å²) in [5, 5.41) is 11.2. The molecule has 3 aromatic carbocycles. The van der Waals surface area contributed by atoms with Crippen LogP contribution in [-0.4, -0.2) is 222 Å². The Labute approximate surface area is 613 Å². The zero-order valence-electron chi connectivity index (χ0n) is 60.9. The van der Waals surface area contributed by atoms with Crippen LogP contribution in [0.15, 0.2) is 100 Å². The fraction of sp³-hybridized carbons (Fsp3) is 0.538. The van der Waals surface area contributed by atoms with Crippen molar-refractivity contribution in [2.75, 3.05) is 145 Å². The predicted molar refractivity (Wildman–Crippen MR) is 391 cm³/mol. The molecule has 105 heavy (non-hydrogen) atoms. The van der Waals surface area contributed by atoms with E-state index in [0.717, 1.165) is 17.6 Å². The third-order valence-electron chi connectivity index (χ3n) is 18.3. The number of rotatable bonds is 46. The van der Waals surface area contributed by atoms with Crippen LogP contribution in [0.25, 0.3) is 5.57 Å². The van der Waals surface area contributed by atoms with E-state index in [1.807, 2.05) is 56.7 Å². The Balaban J connectivity index is 0.571. The highest BCUT2D eigenvalue weighted by molar-refractivity contribution is 6.15. The number of methoxy groups -OCH3 is 2. The number of ketones is 3. The number of carbonyl (C=O) groups is 8. The van der Waals surface area contributed by atoms with Crippen LogP contribution in [0.1, 0.15) is 118 Å². The minimum atomic E-state index is -0.918. The molecule has 3 heterocycles. The van der Waals surface area contributed by atoms with E-state index in [1.54, 1.807) is 49.3 Å². The lowest BCUT2D eigenvalue weighted by Crippen LogP contribution is -2.53. The minimum absolute atomic E-state index is 0.0229. The van der Waals surface area contributed by atoms with Gasteiger partial charge in [0.05, 0.1) is 156 Å². The smallest absolute Gasteiger partial charge is 0.260 e. The highest BCUT2D eigenvalue weighted by Gasteiger charge is 2.38. The van der Waals surface area contributed by atoms with Gasteiger partial charge in [0.1, 0.15) is 12.1 Å². The maximum Gasteiger partial charge on any atom is 0.260 e. The largest absolute Gasteiger partial charge is 0.493 e. The van der Waals surface area contributed by atoms with Crippen molar-refractivity contribution in [1.29, 1.82) is 0 Å². The van der Waals surface area contributed by atoms with E-state index in [2.05, 4.69) is 27.3 Å². The Bertz CT molecular complexity index is 3660. The summed E-state index contributed by atoms with van der Waals surface area (Å²) in [5.74, 6) is 0.292. The number of hydrogen-bond donors (Lipinski definition) is 4. The number of ether oxygens (including phenoxy) is 12. The van der Waals surface area contributed by atoms with Crippen LogP contribution in [0.4, 0.5) is 17.1 Å². The summed E-state index contributed by atoms with van der Waals surface area (Å²) < 4.78 is 68.0. The SMILES string of the molecule is COc1cc2c(cc1OCCCOc1cc3c(cc1OC)C(=O)CCC1C=C(c4ccc(NC(=O)[C@H](C)NC(=O)C(NC(=O)CCOCCOCCOCCOCCOCCOCCOCCOCCNC(=O)CC/C=C5/CC(=O)C=CC5=O)C(C)C)cc4)C[C@H]1/C=N\3)N=C[C@@H]1CC(C3CC3)=CN1C2=O. The number of fused-ring (bicyclic) bond motifs is 4. The summed E-state index contributed by atoms with van der Waals surface area (Å²) in [5.41, 5.74) is 6.34. The summed E-state index contributed by atoms with van der Waals surface area (Å²) in [6, 6.07) is 12.5. The van der Waals surface area contributed by atoms with Gasteiger partial charge >= 0.3 is 0 Å². The molecule has 6 aliphatic rings. The number of Topliss-reactive ketones (excluding diaryl/α,β-unsaturated/α-hetero) is 1. The van der Waals surface area contributed by atoms with E-state index in [-0.39, 0.29) is 105 Å². The van der Waals surface area contributed by atoms with Crippen LogP contribution >= 0.6 is 0 Å². The van der Waals surface area contributed by atoms with Gasteiger partial charge in [-0.1, -0.05) is 38.1 Å². The van der Waals surface area contributed by atoms with Crippen molar-refractivity contribution >= 4 is 82.0 Å². The van der Waals surface area contributed by atoms with Crippen molar-refractivity contribution in [2.45, 2.75) is 110 Å². The highest BCUT2D eigenvalue weighted by atomic mass is 16.6. The van der Waals surface area contributed by atoms with Gasteiger partial charge in [-0.3, -0.25) is 48.3 Å². The zero-order chi connectivity index (χ0) is 74.3. The van der Waals surface area contributed by atoms with Crippen molar-refractivity contribution in [3.8, 4) is 23.0 Å². The molecular weight excluding hydrogens is 1350 g/mol. The molecule has 1 saturated carbocycles. The molecule has 1 fully saturated rings. The Morgan fingerprint density at radius 1 is 0.590 bits per heavy atom. The second kappa shape index (κ2) is 42.4. The number of amides is 5. The van der Waals surface area contributed by atoms with E-state index >= 15 is 0 Å². The molecule has 0 spiro atoms. The first-order valence-corrected chi connectivity index (χ1v) is 36.4. The molecule has 2 unspecified atom stereocenters. The standard InChI is InChI=1S/C78H101N7O20/c1-51(2)75(84-74(90)20-24-96-26-28-98-30-32-100-34-36-102-38-39-103-37-35-101-33-31-99-29-27-97-25-21-79-73(89)9-6-8-56-43-62(86)17-19-67(56)87)77(92)82-52(3)76(91)83-60-15-12-53(13-16-60)57-40-55-14-18-68(88)63-44-69(94-4)71(46-65(63)80-48-58(55)41-57)104-22-7-23-105-72-47-66-64(45-70(72)95-5)78(93)85-50-59(54-10-11-54)42-61(85)49-81-66/h8,12-13,15-17,19,40,44-52,54-55,58,61,75H,6-7,9-11,14,18,20-39,41-43H2,1-5H3,(H,79,89)(H,82,92)(H,83,91)(H,84,90)/b56-8-,80-48-/t52-,55?,58-,61-,75?/m0/s1. The number of benzene rings is 3. The number of nitrogens with one attached hydrogen (secondary N) is 4. The van der Waals surface area contributed by atoms with Gasteiger partial charge in [-0.05, 0) is 116 Å². The van der Waals surface area contributed by atoms with Crippen LogP contribution in [0, 0.1) is 23.7 Å². The fourth-order valence-electron chi connectivity index (χ4n) is 12.3. The third-order valence-corrected chi connectivity index (χ3v) is 18.3. The maximum atomic E-state index is 13.8. The van der Waals surface area contributed by atoms with Crippen molar-refractivity contribution in [3.63, 3.8) is 0 Å². The normalized spacial score (nSPS) is 18.7. The molecule has 3 aliphatic carbocycles. The number of aliphatic imine (C=N–C) groups is 2. The molecule has 27 heteroatoms. The summed E-state index contributed by atoms with van der Waals surface area (Å²) in [6.07, 6.45) is 18.2. The first-order chi connectivity index (χ1) is 51.0. The van der Waals surface area contributed by atoms with Crippen molar-refractivity contribution in [1.82, 2.24) is 20.9 Å². The molecule has 0 bridgehead atoms. The lowest BCUT2D eigenvalue weighted by molar-refractivity contribution is -0.132. The van der Waals surface area contributed by atoms with Crippen LogP contribution in [0.5, 0.6) is 23.0 Å². The molecular formula is C78H101N7O20. The van der Waals surface area contributed by atoms with Gasteiger partial charge in [-0.15, -0.1) is 0 Å². The molecule has 9 rings (SSSR count). The van der Waals surface area contributed by atoms with Crippen molar-refractivity contribution in [3.05, 3.63) is 107 Å². The maximum absolute atomic E-state index is 13.8. The highest BCUT2D eigenvalue weighted by Crippen LogP contribution is 2.45. The first-order valence-electron chi connectivity index (χ1n) is 36.4. The Morgan fingerprint density at radius 3 is 1.75 bits per heavy atom. The summed E-state index contributed by atoms with van der Waals surface area (Å²) >= 11 is 0. The van der Waals surface area contributed by atoms with Gasteiger partial charge in [0.2, 0.25) is 23.6 Å². The number of anilines is 1. The molecule has 4 N–H and O–H groups in total. The summed E-state index contributed by atoms with van der Waals surface area (Å²) in [7, 11) is 3.08. The van der Waals surface area contributed by atoms with Gasteiger partial charge < -0.3 is 83.0 Å². The van der Waals surface area contributed by atoms with Crippen LogP contribution in [0.3, 0.4) is 0 Å². The van der Waals surface area contributed by atoms with Crippen LogP contribution < -0.4 is 40.2 Å². The molecule has 5 atom stereocenters. The van der Waals surface area contributed by atoms with Crippen molar-refractivity contribution < 1.29 is 95.2 Å². The predicted octanol–water partition coefficient (Wildman–Crippen LogP) is 8.20. The minimum Gasteiger partial charge on any atom is -0.493 e. The van der Waals surface area contributed by atoms with E-state index < -0.39 is 23.9 Å². The second-order valence-corrected chi connectivity index (χ2v) is 26.5. The second-order valence-electron chi connectivity index (χ2n) is 26.5. The molecule has 3 aromatic rings.